The largest absolute Gasteiger partial charge is 0.331 e. The lowest BCUT2D eigenvalue weighted by molar-refractivity contribution is -0.130. The van der Waals surface area contributed by atoms with Gasteiger partial charge < -0.3 is 10.2 Å². The third-order valence-electron chi connectivity index (χ3n) is 4.87. The van der Waals surface area contributed by atoms with E-state index in [1.54, 1.807) is 0 Å². The highest BCUT2D eigenvalue weighted by atomic mass is 32.1. The summed E-state index contributed by atoms with van der Waals surface area (Å²) in [6.07, 6.45) is 3.59. The Morgan fingerprint density at radius 1 is 1.40 bits per heavy atom. The molecule has 0 aromatic carbocycles. The number of carbonyl (C=O) groups is 1. The maximum absolute atomic E-state index is 12.9. The van der Waals surface area contributed by atoms with Gasteiger partial charge in [-0.25, -0.2) is 0 Å². The second-order valence-electron chi connectivity index (χ2n) is 6.16. The molecular weight excluding hydrogens is 268 g/mol. The molecule has 1 aromatic heterocycles. The number of hydrogen-bond acceptors (Lipinski definition) is 3. The van der Waals surface area contributed by atoms with Crippen molar-refractivity contribution in [2.24, 2.45) is 5.92 Å². The minimum Gasteiger partial charge on any atom is -0.331 e. The van der Waals surface area contributed by atoms with Gasteiger partial charge in [-0.1, -0.05) is 0 Å². The van der Waals surface area contributed by atoms with Crippen molar-refractivity contribution < 1.29 is 4.79 Å². The zero-order valence-corrected chi connectivity index (χ0v) is 12.6. The Hall–Kier alpha value is -1.13. The van der Waals surface area contributed by atoms with Crippen LogP contribution in [0.3, 0.4) is 0 Å². The predicted octanol–water partition coefficient (Wildman–Crippen LogP) is 2.50. The average molecular weight is 288 g/mol. The monoisotopic (exact) mass is 288 g/mol. The molecule has 3 aliphatic rings. The topological polar surface area (TPSA) is 32.3 Å². The van der Waals surface area contributed by atoms with E-state index in [9.17, 15) is 4.79 Å². The summed E-state index contributed by atoms with van der Waals surface area (Å²) in [5.41, 5.74) is 3.70. The van der Waals surface area contributed by atoms with Gasteiger partial charge in [-0.05, 0) is 54.7 Å². The van der Waals surface area contributed by atoms with Crippen LogP contribution >= 0.6 is 11.3 Å². The van der Waals surface area contributed by atoms with Crippen molar-refractivity contribution in [2.45, 2.75) is 32.2 Å². The standard InChI is InChI=1S/C16H20N2OS/c1-10(12-8-17-9-12)16(19)18-6-4-14-13(5-7-20-14)15(18)11-2-3-11/h5,7,11,15,17H,2-4,6,8-9H2,1H3. The fourth-order valence-corrected chi connectivity index (χ4v) is 4.29. The Labute approximate surface area is 123 Å². The first kappa shape index (κ1) is 12.6. The molecule has 4 rings (SSSR count). The van der Waals surface area contributed by atoms with E-state index in [2.05, 4.69) is 21.7 Å². The second kappa shape index (κ2) is 4.71. The molecule has 0 radical (unpaired) electrons. The van der Waals surface area contributed by atoms with Crippen LogP contribution in [-0.4, -0.2) is 30.4 Å². The number of nitrogens with zero attached hydrogens (tertiary/aromatic N) is 1. The Balaban J connectivity index is 1.66. The van der Waals surface area contributed by atoms with Crippen molar-refractivity contribution in [3.63, 3.8) is 0 Å². The van der Waals surface area contributed by atoms with Crippen LogP contribution in [-0.2, 0) is 11.2 Å². The molecule has 3 heterocycles. The van der Waals surface area contributed by atoms with E-state index in [0.717, 1.165) is 31.6 Å². The van der Waals surface area contributed by atoms with Crippen LogP contribution < -0.4 is 5.32 Å². The predicted molar refractivity (Wildman–Crippen MR) is 80.8 cm³/mol. The molecule has 2 fully saturated rings. The van der Waals surface area contributed by atoms with E-state index in [-0.39, 0.29) is 5.91 Å². The van der Waals surface area contributed by atoms with Crippen molar-refractivity contribution in [3.05, 3.63) is 33.0 Å². The Morgan fingerprint density at radius 3 is 2.85 bits per heavy atom. The van der Waals surface area contributed by atoms with Gasteiger partial charge in [-0.3, -0.25) is 4.79 Å². The highest BCUT2D eigenvalue weighted by Gasteiger charge is 2.42. The van der Waals surface area contributed by atoms with Gasteiger partial charge in [0.15, 0.2) is 0 Å². The summed E-state index contributed by atoms with van der Waals surface area (Å²) >= 11 is 1.86. The molecule has 0 bridgehead atoms. The number of amides is 1. The molecule has 1 aliphatic carbocycles. The normalized spacial score (nSPS) is 25.1. The number of hydrogen-bond donors (Lipinski definition) is 1. The lowest BCUT2D eigenvalue weighted by Crippen LogP contribution is -2.43. The first-order valence-electron chi connectivity index (χ1n) is 7.52. The van der Waals surface area contributed by atoms with E-state index in [4.69, 9.17) is 0 Å². The number of fused-ring (bicyclic) bond motifs is 1. The maximum atomic E-state index is 12.9. The van der Waals surface area contributed by atoms with Crippen molar-refractivity contribution in [1.82, 2.24) is 10.2 Å². The van der Waals surface area contributed by atoms with Gasteiger partial charge in [-0.15, -0.1) is 11.3 Å². The smallest absolute Gasteiger partial charge is 0.250 e. The summed E-state index contributed by atoms with van der Waals surface area (Å²) in [7, 11) is 0. The quantitative estimate of drug-likeness (QED) is 0.848. The Morgan fingerprint density at radius 2 is 2.20 bits per heavy atom. The van der Waals surface area contributed by atoms with Crippen LogP contribution in [0.1, 0.15) is 36.2 Å². The first-order chi connectivity index (χ1) is 9.75. The van der Waals surface area contributed by atoms with E-state index in [0.29, 0.717) is 12.0 Å². The van der Waals surface area contributed by atoms with Crippen molar-refractivity contribution in [3.8, 4) is 0 Å². The van der Waals surface area contributed by atoms with Gasteiger partial charge >= 0.3 is 0 Å². The number of rotatable bonds is 2. The molecule has 0 spiro atoms. The van der Waals surface area contributed by atoms with Crippen LogP contribution in [0.15, 0.2) is 22.6 Å². The summed E-state index contributed by atoms with van der Waals surface area (Å²) in [6.45, 7) is 4.68. The van der Waals surface area contributed by atoms with E-state index in [1.165, 1.54) is 28.9 Å². The average Bonchev–Trinajstić information content (AvgIpc) is 3.11. The highest BCUT2D eigenvalue weighted by molar-refractivity contribution is 7.10. The zero-order valence-electron chi connectivity index (χ0n) is 11.8. The molecule has 1 amide bonds. The van der Waals surface area contributed by atoms with Crippen LogP contribution in [0.5, 0.6) is 0 Å². The molecule has 1 saturated carbocycles. The minimum atomic E-state index is 0.273. The van der Waals surface area contributed by atoms with Gasteiger partial charge in [0, 0.05) is 30.1 Å². The minimum absolute atomic E-state index is 0.273. The van der Waals surface area contributed by atoms with Gasteiger partial charge in [0.25, 0.3) is 0 Å². The lowest BCUT2D eigenvalue weighted by Gasteiger charge is -2.37. The summed E-state index contributed by atoms with van der Waals surface area (Å²) in [4.78, 5) is 16.5. The second-order valence-corrected chi connectivity index (χ2v) is 7.16. The molecule has 1 unspecified atom stereocenters. The fourth-order valence-electron chi connectivity index (χ4n) is 3.38. The highest BCUT2D eigenvalue weighted by Crippen LogP contribution is 2.48. The number of carbonyl (C=O) groups excluding carboxylic acids is 1. The molecule has 2 aliphatic heterocycles. The van der Waals surface area contributed by atoms with E-state index >= 15 is 0 Å². The molecular formula is C16H20N2OS. The molecule has 1 N–H and O–H groups in total. The van der Waals surface area contributed by atoms with E-state index < -0.39 is 0 Å². The molecule has 3 nitrogen and oxygen atoms in total. The summed E-state index contributed by atoms with van der Waals surface area (Å²) in [5, 5.41) is 5.42. The van der Waals surface area contributed by atoms with Gasteiger partial charge in [0.05, 0.1) is 6.04 Å². The lowest BCUT2D eigenvalue weighted by atomic mass is 9.94. The fraction of sp³-hybridized carbons (Fsp3) is 0.562. The Kier molecular flexibility index (Phi) is 2.97. The molecule has 106 valence electrons. The summed E-state index contributed by atoms with van der Waals surface area (Å²) < 4.78 is 0. The van der Waals surface area contributed by atoms with Gasteiger partial charge in [-0.2, -0.15) is 0 Å². The van der Waals surface area contributed by atoms with Crippen LogP contribution in [0.4, 0.5) is 0 Å². The number of nitrogens with one attached hydrogen (secondary N) is 1. The molecule has 1 atom stereocenters. The van der Waals surface area contributed by atoms with Crippen molar-refractivity contribution >= 4 is 17.2 Å². The molecule has 1 aromatic rings. The maximum Gasteiger partial charge on any atom is 0.250 e. The van der Waals surface area contributed by atoms with Crippen LogP contribution in [0.2, 0.25) is 0 Å². The number of thiophene rings is 1. The summed E-state index contributed by atoms with van der Waals surface area (Å²) in [6, 6.07) is 2.59. The molecule has 1 saturated heterocycles. The van der Waals surface area contributed by atoms with Crippen molar-refractivity contribution in [1.29, 1.82) is 0 Å². The van der Waals surface area contributed by atoms with Gasteiger partial charge in [0.1, 0.15) is 0 Å². The molecule has 20 heavy (non-hydrogen) atoms. The third-order valence-corrected chi connectivity index (χ3v) is 5.87. The van der Waals surface area contributed by atoms with Crippen LogP contribution in [0.25, 0.3) is 0 Å². The van der Waals surface area contributed by atoms with Crippen molar-refractivity contribution in [2.75, 3.05) is 19.6 Å². The Bertz CT molecular complexity index is 579. The summed E-state index contributed by atoms with van der Waals surface area (Å²) in [5.74, 6) is 0.972. The van der Waals surface area contributed by atoms with E-state index in [1.807, 2.05) is 18.3 Å². The molecule has 4 heteroatoms. The SMILES string of the molecule is CC(C(=O)N1CCc2sccc2C1C1CC1)=C1CNC1. The zero-order chi connectivity index (χ0) is 13.7. The first-order valence-corrected chi connectivity index (χ1v) is 8.40. The third kappa shape index (κ3) is 1.93. The van der Waals surface area contributed by atoms with Crippen LogP contribution in [0, 0.1) is 5.92 Å². The van der Waals surface area contributed by atoms with Gasteiger partial charge in [0.2, 0.25) is 5.91 Å².